The van der Waals surface area contributed by atoms with Crippen LogP contribution < -0.4 is 11.2 Å². The summed E-state index contributed by atoms with van der Waals surface area (Å²) in [5, 5.41) is 11.9. The Bertz CT molecular complexity index is 645. The molecule has 0 bridgehead atoms. The largest absolute Gasteiger partial charge is 0.364 e. The summed E-state index contributed by atoms with van der Waals surface area (Å²) in [4.78, 5) is 10.3. The number of primary amides is 1. The Kier molecular flexibility index (Phi) is 3.98. The lowest BCUT2D eigenvalue weighted by Gasteiger charge is -2.05. The fourth-order valence-corrected chi connectivity index (χ4v) is 1.68. The number of rotatable bonds is 4. The predicted molar refractivity (Wildman–Crippen MR) is 62.1 cm³/mol. The van der Waals surface area contributed by atoms with E-state index in [1.54, 1.807) is 0 Å². The number of nitrogens with two attached hydrogens (primary N) is 1. The molecule has 94 valence electrons. The third-order valence-electron chi connectivity index (χ3n) is 1.79. The van der Waals surface area contributed by atoms with Gasteiger partial charge < -0.3 is 5.73 Å². The standard InChI is InChI=1S/C9H8N4O4S/c10-5-7(9(11)14)13-12-6-3-1-2-4-8(6)18(15,16)17/h1-4,12H,(H2,11,14)(H,15,16,17). The van der Waals surface area contributed by atoms with Crippen molar-refractivity contribution in [3.8, 4) is 6.07 Å². The minimum Gasteiger partial charge on any atom is -0.364 e. The molecule has 1 aromatic rings. The summed E-state index contributed by atoms with van der Waals surface area (Å²) >= 11 is 0. The minimum atomic E-state index is -4.44. The lowest BCUT2D eigenvalue weighted by Crippen LogP contribution is -2.22. The van der Waals surface area contributed by atoms with E-state index in [9.17, 15) is 13.2 Å². The lowest BCUT2D eigenvalue weighted by molar-refractivity contribution is -0.111. The van der Waals surface area contributed by atoms with Gasteiger partial charge in [-0.25, -0.2) is 0 Å². The molecule has 9 heteroatoms. The van der Waals surface area contributed by atoms with Crippen LogP contribution in [0.5, 0.6) is 0 Å². The van der Waals surface area contributed by atoms with Gasteiger partial charge >= 0.3 is 0 Å². The Balaban J connectivity index is 3.15. The number of nitrogens with one attached hydrogen (secondary N) is 1. The molecule has 0 spiro atoms. The number of amides is 1. The minimum absolute atomic E-state index is 0.0889. The fourth-order valence-electron chi connectivity index (χ4n) is 1.04. The Morgan fingerprint density at radius 1 is 1.44 bits per heavy atom. The van der Waals surface area contributed by atoms with E-state index < -0.39 is 26.6 Å². The first kappa shape index (κ1) is 13.6. The first-order valence-electron chi connectivity index (χ1n) is 4.46. The van der Waals surface area contributed by atoms with Crippen molar-refractivity contribution in [2.45, 2.75) is 4.90 Å². The molecule has 18 heavy (non-hydrogen) atoms. The highest BCUT2D eigenvalue weighted by molar-refractivity contribution is 7.86. The Morgan fingerprint density at radius 3 is 2.56 bits per heavy atom. The molecule has 1 rings (SSSR count). The molecule has 0 atom stereocenters. The predicted octanol–water partition coefficient (Wildman–Crippen LogP) is -0.290. The summed E-state index contributed by atoms with van der Waals surface area (Å²) in [5.74, 6) is -1.06. The Morgan fingerprint density at radius 2 is 2.06 bits per heavy atom. The number of nitrogens with zero attached hydrogens (tertiary/aromatic N) is 2. The summed E-state index contributed by atoms with van der Waals surface area (Å²) in [5.41, 5.74) is 6.30. The Hall–Kier alpha value is -2.44. The van der Waals surface area contributed by atoms with Gasteiger partial charge in [-0.2, -0.15) is 18.8 Å². The van der Waals surface area contributed by atoms with Crippen LogP contribution in [0.3, 0.4) is 0 Å². The maximum atomic E-state index is 11.0. The molecule has 4 N–H and O–H groups in total. The highest BCUT2D eigenvalue weighted by Gasteiger charge is 2.14. The number of hydrogen-bond acceptors (Lipinski definition) is 6. The zero-order chi connectivity index (χ0) is 13.8. The van der Waals surface area contributed by atoms with Gasteiger partial charge in [-0.05, 0) is 12.1 Å². The quantitative estimate of drug-likeness (QED) is 0.388. The van der Waals surface area contributed by atoms with Gasteiger partial charge in [0.05, 0.1) is 5.69 Å². The number of para-hydroxylation sites is 1. The molecule has 1 amide bonds. The number of carbonyl (C=O) groups is 1. The van der Waals surface area contributed by atoms with Crippen molar-refractivity contribution < 1.29 is 17.8 Å². The molecule has 0 saturated carbocycles. The average Bonchev–Trinajstić information content (AvgIpc) is 2.28. The number of hydrazone groups is 1. The smallest absolute Gasteiger partial charge is 0.296 e. The third kappa shape index (κ3) is 3.27. The summed E-state index contributed by atoms with van der Waals surface area (Å²) < 4.78 is 31.0. The molecule has 0 aliphatic rings. The van der Waals surface area contributed by atoms with Crippen LogP contribution in [0.2, 0.25) is 0 Å². The molecule has 0 radical (unpaired) electrons. The zero-order valence-electron chi connectivity index (χ0n) is 8.86. The summed E-state index contributed by atoms with van der Waals surface area (Å²) in [7, 11) is -4.44. The second-order valence-corrected chi connectivity index (χ2v) is 4.41. The van der Waals surface area contributed by atoms with Crippen molar-refractivity contribution in [3.05, 3.63) is 24.3 Å². The van der Waals surface area contributed by atoms with E-state index in [1.165, 1.54) is 24.3 Å². The highest BCUT2D eigenvalue weighted by atomic mass is 32.2. The number of nitriles is 1. The van der Waals surface area contributed by atoms with Crippen molar-refractivity contribution >= 4 is 27.4 Å². The molecule has 0 aliphatic heterocycles. The summed E-state index contributed by atoms with van der Waals surface area (Å²) in [6, 6.07) is 6.71. The van der Waals surface area contributed by atoms with Crippen LogP contribution in [0, 0.1) is 11.3 Å². The van der Waals surface area contributed by atoms with Gasteiger partial charge in [0, 0.05) is 0 Å². The van der Waals surface area contributed by atoms with Crippen LogP contribution >= 0.6 is 0 Å². The number of hydrogen-bond donors (Lipinski definition) is 3. The van der Waals surface area contributed by atoms with E-state index in [0.29, 0.717) is 0 Å². The van der Waals surface area contributed by atoms with Crippen LogP contribution in [-0.2, 0) is 14.9 Å². The van der Waals surface area contributed by atoms with Gasteiger partial charge in [0.15, 0.2) is 0 Å². The molecule has 0 aliphatic carbocycles. The monoisotopic (exact) mass is 268 g/mol. The summed E-state index contributed by atoms with van der Waals surface area (Å²) in [6.45, 7) is 0. The maximum absolute atomic E-state index is 11.0. The van der Waals surface area contributed by atoms with Gasteiger partial charge in [0.1, 0.15) is 11.0 Å². The lowest BCUT2D eigenvalue weighted by atomic mass is 10.3. The van der Waals surface area contributed by atoms with E-state index in [1.807, 2.05) is 0 Å². The number of carbonyl (C=O) groups excluding carboxylic acids is 1. The van der Waals surface area contributed by atoms with Crippen molar-refractivity contribution in [2.24, 2.45) is 10.8 Å². The van der Waals surface area contributed by atoms with Gasteiger partial charge in [0.25, 0.3) is 16.0 Å². The molecule has 0 fully saturated rings. The van der Waals surface area contributed by atoms with Gasteiger partial charge in [-0.1, -0.05) is 12.1 Å². The molecule has 0 aromatic heterocycles. The molecule has 1 aromatic carbocycles. The molecule has 0 saturated heterocycles. The van der Waals surface area contributed by atoms with Crippen LogP contribution in [0.4, 0.5) is 5.69 Å². The van der Waals surface area contributed by atoms with Crippen LogP contribution in [0.25, 0.3) is 0 Å². The van der Waals surface area contributed by atoms with E-state index in [4.69, 9.17) is 15.5 Å². The summed E-state index contributed by atoms with van der Waals surface area (Å²) in [6.07, 6.45) is 0. The molecular formula is C9H8N4O4S. The van der Waals surface area contributed by atoms with Crippen LogP contribution in [0.15, 0.2) is 34.3 Å². The third-order valence-corrected chi connectivity index (χ3v) is 2.70. The molecule has 8 nitrogen and oxygen atoms in total. The number of benzene rings is 1. The topological polar surface area (TPSA) is 146 Å². The van der Waals surface area contributed by atoms with Crippen LogP contribution in [-0.4, -0.2) is 24.6 Å². The SMILES string of the molecule is N#CC(=NNc1ccccc1S(=O)(=O)O)C(N)=O. The van der Waals surface area contributed by atoms with Crippen LogP contribution in [0.1, 0.15) is 0 Å². The first-order chi connectivity index (χ1) is 8.36. The van der Waals surface area contributed by atoms with Gasteiger partial charge in [-0.3, -0.25) is 14.8 Å². The first-order valence-corrected chi connectivity index (χ1v) is 5.90. The second-order valence-electron chi connectivity index (χ2n) is 3.02. The maximum Gasteiger partial charge on any atom is 0.296 e. The van der Waals surface area contributed by atoms with Gasteiger partial charge in [0.2, 0.25) is 5.71 Å². The normalized spacial score (nSPS) is 11.7. The van der Waals surface area contributed by atoms with Crippen molar-refractivity contribution in [2.75, 3.05) is 5.43 Å². The number of anilines is 1. The van der Waals surface area contributed by atoms with E-state index in [-0.39, 0.29) is 5.69 Å². The van der Waals surface area contributed by atoms with Gasteiger partial charge in [-0.15, -0.1) is 0 Å². The van der Waals surface area contributed by atoms with E-state index in [0.717, 1.165) is 6.07 Å². The zero-order valence-corrected chi connectivity index (χ0v) is 9.68. The van der Waals surface area contributed by atoms with Crippen molar-refractivity contribution in [3.63, 3.8) is 0 Å². The Labute approximate surface area is 102 Å². The molecule has 0 heterocycles. The van der Waals surface area contributed by atoms with E-state index in [2.05, 4.69) is 10.5 Å². The molecule has 0 unspecified atom stereocenters. The molecular weight excluding hydrogens is 260 g/mol. The van der Waals surface area contributed by atoms with Crippen molar-refractivity contribution in [1.82, 2.24) is 0 Å². The average molecular weight is 268 g/mol. The fraction of sp³-hybridized carbons (Fsp3) is 0. The van der Waals surface area contributed by atoms with Crippen molar-refractivity contribution in [1.29, 1.82) is 5.26 Å². The second kappa shape index (κ2) is 5.26. The highest BCUT2D eigenvalue weighted by Crippen LogP contribution is 2.20. The van der Waals surface area contributed by atoms with E-state index >= 15 is 0 Å².